The summed E-state index contributed by atoms with van der Waals surface area (Å²) >= 11 is 9.64. The van der Waals surface area contributed by atoms with Crippen LogP contribution in [0.15, 0.2) is 24.3 Å². The van der Waals surface area contributed by atoms with E-state index >= 15 is 0 Å². The lowest BCUT2D eigenvalue weighted by Crippen LogP contribution is -2.35. The highest BCUT2D eigenvalue weighted by atomic mass is 79.9. The third-order valence-corrected chi connectivity index (χ3v) is 4.58. The van der Waals surface area contributed by atoms with Crippen LogP contribution in [0.5, 0.6) is 0 Å². The minimum absolute atomic E-state index is 0.253. The Morgan fingerprint density at radius 2 is 2.31 bits per heavy atom. The molecule has 1 fully saturated rings. The first-order chi connectivity index (χ1) is 7.74. The second kappa shape index (κ2) is 5.52. The number of hydrogen-bond acceptors (Lipinski definition) is 1. The van der Waals surface area contributed by atoms with Gasteiger partial charge >= 0.3 is 0 Å². The normalized spacial score (nSPS) is 25.6. The van der Waals surface area contributed by atoms with Gasteiger partial charge in [-0.15, -0.1) is 0 Å². The topological polar surface area (TPSA) is 9.23 Å². The molecular formula is C13H16BrClO. The fourth-order valence-electron chi connectivity index (χ4n) is 2.28. The maximum Gasteiger partial charge on any atom is 0.0533 e. The lowest BCUT2D eigenvalue weighted by Gasteiger charge is -2.35. The van der Waals surface area contributed by atoms with Gasteiger partial charge in [-0.3, -0.25) is 0 Å². The van der Waals surface area contributed by atoms with Gasteiger partial charge in [-0.2, -0.15) is 0 Å². The SMILES string of the molecule is Clc1cccc(CC2(CBr)CCCOC2)c1. The molecule has 1 unspecified atom stereocenters. The number of ether oxygens (including phenoxy) is 1. The van der Waals surface area contributed by atoms with Crippen molar-refractivity contribution >= 4 is 27.5 Å². The summed E-state index contributed by atoms with van der Waals surface area (Å²) in [7, 11) is 0. The lowest BCUT2D eigenvalue weighted by molar-refractivity contribution is 0.00615. The third kappa shape index (κ3) is 2.99. The van der Waals surface area contributed by atoms with Crippen molar-refractivity contribution in [2.45, 2.75) is 19.3 Å². The van der Waals surface area contributed by atoms with Crippen molar-refractivity contribution in [1.29, 1.82) is 0 Å². The van der Waals surface area contributed by atoms with E-state index in [1.165, 1.54) is 12.0 Å². The molecule has 2 rings (SSSR count). The molecule has 0 saturated carbocycles. The highest BCUT2D eigenvalue weighted by Gasteiger charge is 2.31. The van der Waals surface area contributed by atoms with E-state index in [2.05, 4.69) is 28.1 Å². The Kier molecular flexibility index (Phi) is 4.28. The van der Waals surface area contributed by atoms with E-state index in [0.717, 1.165) is 36.4 Å². The molecule has 1 aromatic rings. The minimum atomic E-state index is 0.253. The summed E-state index contributed by atoms with van der Waals surface area (Å²) in [6, 6.07) is 8.14. The molecule has 1 heterocycles. The predicted molar refractivity (Wildman–Crippen MR) is 71.4 cm³/mol. The maximum absolute atomic E-state index is 6.01. The van der Waals surface area contributed by atoms with Crippen molar-refractivity contribution in [2.75, 3.05) is 18.5 Å². The lowest BCUT2D eigenvalue weighted by atomic mass is 9.79. The van der Waals surface area contributed by atoms with Gasteiger partial charge in [0.1, 0.15) is 0 Å². The van der Waals surface area contributed by atoms with Crippen LogP contribution in [-0.2, 0) is 11.2 Å². The van der Waals surface area contributed by atoms with Gasteiger partial charge in [-0.05, 0) is 37.0 Å². The van der Waals surface area contributed by atoms with Crippen molar-refractivity contribution < 1.29 is 4.74 Å². The molecule has 88 valence electrons. The average Bonchev–Trinajstić information content (AvgIpc) is 2.30. The summed E-state index contributed by atoms with van der Waals surface area (Å²) in [4.78, 5) is 0. The standard InChI is InChI=1S/C13H16BrClO/c14-9-13(5-2-6-16-10-13)8-11-3-1-4-12(15)7-11/h1,3-4,7H,2,5-6,8-10H2. The molecule has 0 spiro atoms. The molecule has 0 aromatic heterocycles. The first kappa shape index (κ1) is 12.4. The highest BCUT2D eigenvalue weighted by molar-refractivity contribution is 9.09. The van der Waals surface area contributed by atoms with Crippen LogP contribution < -0.4 is 0 Å². The molecule has 0 N–H and O–H groups in total. The zero-order chi connectivity index (χ0) is 11.4. The molecule has 1 saturated heterocycles. The van der Waals surface area contributed by atoms with Gasteiger partial charge in [0.25, 0.3) is 0 Å². The van der Waals surface area contributed by atoms with Gasteiger partial charge in [-0.25, -0.2) is 0 Å². The van der Waals surface area contributed by atoms with E-state index in [1.807, 2.05) is 12.1 Å². The van der Waals surface area contributed by atoms with E-state index < -0.39 is 0 Å². The molecule has 1 aliphatic rings. The quantitative estimate of drug-likeness (QED) is 0.765. The fraction of sp³-hybridized carbons (Fsp3) is 0.538. The van der Waals surface area contributed by atoms with Crippen molar-refractivity contribution in [1.82, 2.24) is 0 Å². The summed E-state index contributed by atoms with van der Waals surface area (Å²) in [5.41, 5.74) is 1.56. The van der Waals surface area contributed by atoms with E-state index in [4.69, 9.17) is 16.3 Å². The monoisotopic (exact) mass is 302 g/mol. The molecule has 0 aliphatic carbocycles. The van der Waals surface area contributed by atoms with Gasteiger partial charge in [0.2, 0.25) is 0 Å². The first-order valence-corrected chi connectivity index (χ1v) is 7.12. The van der Waals surface area contributed by atoms with Crippen LogP contribution in [0.4, 0.5) is 0 Å². The van der Waals surface area contributed by atoms with Crippen molar-refractivity contribution in [2.24, 2.45) is 5.41 Å². The number of rotatable bonds is 3. The molecule has 3 heteroatoms. The van der Waals surface area contributed by atoms with E-state index in [0.29, 0.717) is 0 Å². The first-order valence-electron chi connectivity index (χ1n) is 5.62. The van der Waals surface area contributed by atoms with Crippen LogP contribution in [0.3, 0.4) is 0 Å². The van der Waals surface area contributed by atoms with Gasteiger partial charge in [-0.1, -0.05) is 39.7 Å². The van der Waals surface area contributed by atoms with Crippen LogP contribution in [0.1, 0.15) is 18.4 Å². The van der Waals surface area contributed by atoms with E-state index in [-0.39, 0.29) is 5.41 Å². The number of alkyl halides is 1. The molecule has 16 heavy (non-hydrogen) atoms. The second-order valence-electron chi connectivity index (χ2n) is 4.60. The van der Waals surface area contributed by atoms with Crippen LogP contribution in [0.25, 0.3) is 0 Å². The number of hydrogen-bond donors (Lipinski definition) is 0. The third-order valence-electron chi connectivity index (χ3n) is 3.16. The zero-order valence-corrected chi connectivity index (χ0v) is 11.6. The summed E-state index contributed by atoms with van der Waals surface area (Å²) in [5.74, 6) is 0. The summed E-state index contributed by atoms with van der Waals surface area (Å²) < 4.78 is 5.62. The molecule has 1 aromatic carbocycles. The van der Waals surface area contributed by atoms with Gasteiger partial charge in [0.05, 0.1) is 6.61 Å². The van der Waals surface area contributed by atoms with E-state index in [9.17, 15) is 0 Å². The Balaban J connectivity index is 2.11. The molecule has 1 nitrogen and oxygen atoms in total. The van der Waals surface area contributed by atoms with Crippen molar-refractivity contribution in [3.8, 4) is 0 Å². The average molecular weight is 304 g/mol. The largest absolute Gasteiger partial charge is 0.381 e. The number of benzene rings is 1. The van der Waals surface area contributed by atoms with Gasteiger partial charge < -0.3 is 4.74 Å². The van der Waals surface area contributed by atoms with Crippen LogP contribution in [0, 0.1) is 5.41 Å². The molecule has 0 bridgehead atoms. The van der Waals surface area contributed by atoms with Crippen molar-refractivity contribution in [3.05, 3.63) is 34.9 Å². The molecule has 1 atom stereocenters. The number of halogens is 2. The van der Waals surface area contributed by atoms with Gasteiger partial charge in [0.15, 0.2) is 0 Å². The summed E-state index contributed by atoms with van der Waals surface area (Å²) in [6.45, 7) is 1.76. The Labute approximate surface area is 110 Å². The van der Waals surface area contributed by atoms with Crippen LogP contribution in [-0.4, -0.2) is 18.5 Å². The predicted octanol–water partition coefficient (Wildman–Crippen LogP) is 4.07. The molecule has 0 radical (unpaired) electrons. The summed E-state index contributed by atoms with van der Waals surface area (Å²) in [6.07, 6.45) is 3.43. The highest BCUT2D eigenvalue weighted by Crippen LogP contribution is 2.34. The fourth-order valence-corrected chi connectivity index (χ4v) is 3.14. The Bertz CT molecular complexity index is 348. The van der Waals surface area contributed by atoms with Crippen molar-refractivity contribution in [3.63, 3.8) is 0 Å². The second-order valence-corrected chi connectivity index (χ2v) is 5.59. The summed E-state index contributed by atoms with van der Waals surface area (Å²) in [5, 5.41) is 1.81. The van der Waals surface area contributed by atoms with E-state index in [1.54, 1.807) is 0 Å². The smallest absolute Gasteiger partial charge is 0.0533 e. The molecular weight excluding hydrogens is 287 g/mol. The zero-order valence-electron chi connectivity index (χ0n) is 9.22. The minimum Gasteiger partial charge on any atom is -0.381 e. The van der Waals surface area contributed by atoms with Gasteiger partial charge in [0, 0.05) is 22.4 Å². The molecule has 0 amide bonds. The van der Waals surface area contributed by atoms with Crippen LogP contribution >= 0.6 is 27.5 Å². The Hall–Kier alpha value is -0.0500. The van der Waals surface area contributed by atoms with Crippen LogP contribution in [0.2, 0.25) is 5.02 Å². The Morgan fingerprint density at radius 3 is 2.94 bits per heavy atom. The molecule has 1 aliphatic heterocycles. The maximum atomic E-state index is 6.01. The Morgan fingerprint density at radius 1 is 1.44 bits per heavy atom.